The number of piperazine rings is 1. The van der Waals surface area contributed by atoms with E-state index < -0.39 is 8.30 Å². The quantitative estimate of drug-likeness (QED) is 0.483. The molecule has 1 saturated heterocycles. The molecule has 4 rings (SSSR count). The summed E-state index contributed by atoms with van der Waals surface area (Å²) in [5.41, 5.74) is 6.98. The Bertz CT molecular complexity index is 901. The Morgan fingerprint density at radius 2 is 1.67 bits per heavy atom. The molecule has 1 saturated carbocycles. The smallest absolute Gasteiger partial charge is 0.251 e. The monoisotopic (exact) mass is 518 g/mol. The summed E-state index contributed by atoms with van der Waals surface area (Å²) in [7, 11) is -1.08. The Hall–Kier alpha value is -2.38. The van der Waals surface area contributed by atoms with Crippen LogP contribution in [0.1, 0.15) is 54.4 Å². The first-order chi connectivity index (χ1) is 17.3. The van der Waals surface area contributed by atoms with E-state index in [9.17, 15) is 18.9 Å². The molecule has 0 radical (unpaired) electrons. The van der Waals surface area contributed by atoms with Crippen LogP contribution in [0.25, 0.3) is 0 Å². The molecule has 36 heavy (non-hydrogen) atoms. The van der Waals surface area contributed by atoms with Crippen LogP contribution in [0.5, 0.6) is 0 Å². The van der Waals surface area contributed by atoms with Crippen LogP contribution in [-0.2, 0) is 4.79 Å². The average molecular weight is 519 g/mol. The normalized spacial score (nSPS) is 16.1. The molecule has 1 unspecified atom stereocenters. The number of carbonyl (C=O) groups is 2. The van der Waals surface area contributed by atoms with Crippen molar-refractivity contribution in [3.05, 3.63) is 71.5 Å². The molecule has 1 atom stereocenters. The number of amides is 2. The topological polar surface area (TPSA) is 98.9 Å². The van der Waals surface area contributed by atoms with Crippen molar-refractivity contribution in [3.63, 3.8) is 0 Å². The zero-order chi connectivity index (χ0) is 26.3. The van der Waals surface area contributed by atoms with Gasteiger partial charge in [0.25, 0.3) is 5.91 Å². The third-order valence-corrected chi connectivity index (χ3v) is 7.15. The summed E-state index contributed by atoms with van der Waals surface area (Å²) < 4.78 is 14.3. The van der Waals surface area contributed by atoms with Gasteiger partial charge in [0.15, 0.2) is 0 Å². The number of unbranched alkanes of at least 4 members (excludes halogenated alkanes) is 1. The number of benzene rings is 2. The molecule has 1 aliphatic heterocycles. The predicted molar refractivity (Wildman–Crippen MR) is 144 cm³/mol. The first-order valence-electron chi connectivity index (χ1n) is 12.6. The fraction of sp³-hybridized carbons (Fsp3) is 0.481. The molecular formula is C27H40FN4O3P. The highest BCUT2D eigenvalue weighted by Gasteiger charge is 2.24. The van der Waals surface area contributed by atoms with E-state index in [0.717, 1.165) is 12.5 Å². The Morgan fingerprint density at radius 3 is 2.14 bits per heavy atom. The highest BCUT2D eigenvalue weighted by molar-refractivity contribution is 7.48. The fourth-order valence-corrected chi connectivity index (χ4v) is 4.31. The molecule has 4 N–H and O–H groups in total. The zero-order valence-corrected chi connectivity index (χ0v) is 22.3. The summed E-state index contributed by atoms with van der Waals surface area (Å²) >= 11 is 0. The molecule has 2 fully saturated rings. The van der Waals surface area contributed by atoms with Gasteiger partial charge in [-0.1, -0.05) is 43.7 Å². The lowest BCUT2D eigenvalue weighted by molar-refractivity contribution is -0.131. The van der Waals surface area contributed by atoms with Gasteiger partial charge in [-0.05, 0) is 68.2 Å². The van der Waals surface area contributed by atoms with E-state index >= 15 is 0 Å². The summed E-state index contributed by atoms with van der Waals surface area (Å²) in [6.45, 7) is 7.30. The summed E-state index contributed by atoms with van der Waals surface area (Å²) in [6, 6.07) is 15.7. The first-order valence-corrected chi connectivity index (χ1v) is 14.3. The molecule has 7 nitrogen and oxygen atoms in total. The lowest BCUT2D eigenvalue weighted by atomic mass is 10.1. The van der Waals surface area contributed by atoms with Crippen LogP contribution < -0.4 is 11.1 Å². The number of nitrogens with one attached hydrogen (secondary N) is 1. The number of nitrogens with zero attached hydrogens (tertiary/aromatic N) is 2. The van der Waals surface area contributed by atoms with Crippen LogP contribution in [0.3, 0.4) is 0 Å². The molecule has 2 amide bonds. The second-order valence-corrected chi connectivity index (χ2v) is 10.4. The van der Waals surface area contributed by atoms with Crippen molar-refractivity contribution in [2.45, 2.75) is 38.5 Å². The Balaban J connectivity index is 0.000000249. The van der Waals surface area contributed by atoms with Crippen LogP contribution in [0.2, 0.25) is 0 Å². The second kappa shape index (κ2) is 16.4. The lowest BCUT2D eigenvalue weighted by Crippen LogP contribution is -2.49. The van der Waals surface area contributed by atoms with Crippen molar-refractivity contribution >= 4 is 20.1 Å². The van der Waals surface area contributed by atoms with Gasteiger partial charge in [-0.15, -0.1) is 0 Å². The van der Waals surface area contributed by atoms with Crippen LogP contribution in [0.4, 0.5) is 4.39 Å². The maximum Gasteiger partial charge on any atom is 0.251 e. The number of nitrogens with two attached hydrogens (primary N) is 1. The minimum atomic E-state index is -1.08. The van der Waals surface area contributed by atoms with Gasteiger partial charge >= 0.3 is 0 Å². The zero-order valence-electron chi connectivity index (χ0n) is 21.4. The third-order valence-electron chi connectivity index (χ3n) is 5.93. The van der Waals surface area contributed by atoms with Gasteiger partial charge in [0.1, 0.15) is 5.82 Å². The van der Waals surface area contributed by atoms with Crippen molar-refractivity contribution in [1.82, 2.24) is 14.9 Å². The van der Waals surface area contributed by atoms with Crippen LogP contribution in [-0.4, -0.2) is 72.2 Å². The summed E-state index contributed by atoms with van der Waals surface area (Å²) in [5.74, 6) is 0.275. The maximum atomic E-state index is 12.4. The van der Waals surface area contributed by atoms with Gasteiger partial charge in [0, 0.05) is 31.7 Å². The van der Waals surface area contributed by atoms with Gasteiger partial charge in [0.05, 0.1) is 14.8 Å². The molecule has 1 aliphatic carbocycles. The van der Waals surface area contributed by atoms with Gasteiger partial charge < -0.3 is 20.8 Å². The molecule has 9 heteroatoms. The fourth-order valence-electron chi connectivity index (χ4n) is 3.55. The highest BCUT2D eigenvalue weighted by atomic mass is 31.2. The molecule has 2 aromatic carbocycles. The van der Waals surface area contributed by atoms with E-state index in [0.29, 0.717) is 31.7 Å². The Labute approximate surface area is 215 Å². The van der Waals surface area contributed by atoms with Crippen LogP contribution in [0.15, 0.2) is 54.6 Å². The lowest BCUT2D eigenvalue weighted by Gasteiger charge is -2.35. The van der Waals surface area contributed by atoms with Crippen molar-refractivity contribution in [2.75, 3.05) is 45.9 Å². The van der Waals surface area contributed by atoms with Gasteiger partial charge in [-0.25, -0.2) is 4.39 Å². The molecule has 0 bridgehead atoms. The van der Waals surface area contributed by atoms with E-state index in [-0.39, 0.29) is 24.2 Å². The minimum Gasteiger partial charge on any atom is -0.359 e. The van der Waals surface area contributed by atoms with Crippen molar-refractivity contribution < 1.29 is 18.9 Å². The Kier molecular flexibility index (Phi) is 13.6. The third kappa shape index (κ3) is 11.1. The average Bonchev–Trinajstić information content (AvgIpc) is 3.75. The Morgan fingerprint density at radius 1 is 1.06 bits per heavy atom. The minimum absolute atomic E-state index is 0.00768. The van der Waals surface area contributed by atoms with Crippen molar-refractivity contribution in [3.8, 4) is 0 Å². The summed E-state index contributed by atoms with van der Waals surface area (Å²) in [5, 5.41) is 2.64. The molecule has 0 aromatic heterocycles. The largest absolute Gasteiger partial charge is 0.359 e. The number of rotatable bonds is 7. The molecule has 0 spiro atoms. The van der Waals surface area contributed by atoms with Crippen molar-refractivity contribution in [2.24, 2.45) is 5.73 Å². The van der Waals surface area contributed by atoms with E-state index in [1.54, 1.807) is 35.8 Å². The van der Waals surface area contributed by atoms with Crippen LogP contribution >= 0.6 is 8.30 Å². The molecular weight excluding hydrogens is 478 g/mol. The first kappa shape index (κ1) is 29.8. The molecule has 1 heterocycles. The van der Waals surface area contributed by atoms with E-state index in [1.165, 1.54) is 43.4 Å². The highest BCUT2D eigenvalue weighted by Crippen LogP contribution is 2.39. The number of hydrogen-bond acceptors (Lipinski definition) is 5. The second-order valence-electron chi connectivity index (χ2n) is 8.84. The van der Waals surface area contributed by atoms with Gasteiger partial charge in [-0.3, -0.25) is 14.3 Å². The van der Waals surface area contributed by atoms with E-state index in [2.05, 4.69) is 12.2 Å². The molecule has 198 valence electrons. The molecule has 2 aliphatic rings. The van der Waals surface area contributed by atoms with Crippen LogP contribution in [0, 0.1) is 5.82 Å². The summed E-state index contributed by atoms with van der Waals surface area (Å²) in [4.78, 5) is 35.2. The van der Waals surface area contributed by atoms with E-state index in [1.807, 2.05) is 22.9 Å². The van der Waals surface area contributed by atoms with Gasteiger partial charge in [-0.2, -0.15) is 0 Å². The standard InChI is InChI=1S/C14H20N3O3P.C9H9F.C4H11N/c1-21(20)17-9-7-16(8-10-17)13(18)11-15-14(19)12-5-3-2-4-6-12;10-9-5-3-8(4-6-9)7-1-2-7;1-2-3-4-5/h2-6,20H,7-11H2,1H3,(H,15,19);3-7H,1-2H2;2-5H2,1H3. The predicted octanol–water partition coefficient (Wildman–Crippen LogP) is 3.94. The van der Waals surface area contributed by atoms with Crippen molar-refractivity contribution in [1.29, 1.82) is 0 Å². The molecule has 2 aromatic rings. The van der Waals surface area contributed by atoms with Gasteiger partial charge in [0.2, 0.25) is 5.91 Å². The number of halogens is 1. The number of hydrogen-bond donors (Lipinski definition) is 3. The van der Waals surface area contributed by atoms with E-state index in [4.69, 9.17) is 5.73 Å². The number of carbonyl (C=O) groups excluding carboxylic acids is 2. The summed E-state index contributed by atoms with van der Waals surface area (Å²) in [6.07, 6.45) is 4.95. The maximum absolute atomic E-state index is 12.4. The SMILES string of the molecule is CCCCN.CP(O)N1CCN(C(=O)CNC(=O)c2ccccc2)CC1.Fc1ccc(C2CC2)cc1.